The normalized spacial score (nSPS) is 11.3. The Labute approximate surface area is 188 Å². The number of para-hydroxylation sites is 1. The molecule has 31 heavy (non-hydrogen) atoms. The lowest BCUT2D eigenvalue weighted by atomic mass is 10.2. The van der Waals surface area contributed by atoms with Gasteiger partial charge in [0.1, 0.15) is 5.82 Å². The second-order valence-corrected chi connectivity index (χ2v) is 8.21. The van der Waals surface area contributed by atoms with E-state index in [0.29, 0.717) is 5.02 Å². The maximum Gasteiger partial charge on any atom is 0.126 e. The van der Waals surface area contributed by atoms with Gasteiger partial charge >= 0.3 is 0 Å². The van der Waals surface area contributed by atoms with E-state index in [-0.39, 0.29) is 0 Å². The van der Waals surface area contributed by atoms with Crippen LogP contribution in [0.4, 0.5) is 11.5 Å². The van der Waals surface area contributed by atoms with E-state index in [1.807, 2.05) is 48.7 Å². The van der Waals surface area contributed by atoms with E-state index in [4.69, 9.17) is 11.6 Å². The Balaban J connectivity index is 1.15. The monoisotopic (exact) mass is 433 g/mol. The van der Waals surface area contributed by atoms with E-state index in [2.05, 4.69) is 50.7 Å². The van der Waals surface area contributed by atoms with Crippen molar-refractivity contribution in [3.8, 4) is 0 Å². The third-order valence-corrected chi connectivity index (χ3v) is 5.59. The Morgan fingerprint density at radius 2 is 1.68 bits per heavy atom. The van der Waals surface area contributed by atoms with Crippen LogP contribution in [0.3, 0.4) is 0 Å². The van der Waals surface area contributed by atoms with Crippen molar-refractivity contribution in [2.45, 2.75) is 12.8 Å². The molecule has 5 nitrogen and oxygen atoms in total. The molecule has 0 aliphatic rings. The molecule has 2 N–H and O–H groups in total. The number of pyridine rings is 2. The first-order chi connectivity index (χ1) is 15.2. The Morgan fingerprint density at radius 3 is 2.55 bits per heavy atom. The van der Waals surface area contributed by atoms with Crippen molar-refractivity contribution in [2.24, 2.45) is 0 Å². The van der Waals surface area contributed by atoms with E-state index in [1.165, 1.54) is 5.39 Å². The molecule has 0 radical (unpaired) electrons. The molecule has 0 saturated heterocycles. The van der Waals surface area contributed by atoms with Gasteiger partial charge in [0, 0.05) is 40.8 Å². The summed E-state index contributed by atoms with van der Waals surface area (Å²) in [6.45, 7) is 3.94. The highest BCUT2D eigenvalue weighted by Gasteiger charge is 2.03. The fraction of sp³-hybridized carbons (Fsp3) is 0.280. The molecule has 0 bridgehead atoms. The van der Waals surface area contributed by atoms with Crippen LogP contribution < -0.4 is 10.6 Å². The number of nitrogens with one attached hydrogen (secondary N) is 2. The first kappa shape index (κ1) is 21.3. The van der Waals surface area contributed by atoms with E-state index >= 15 is 0 Å². The van der Waals surface area contributed by atoms with Crippen LogP contribution in [0.2, 0.25) is 5.02 Å². The van der Waals surface area contributed by atoms with E-state index in [9.17, 15) is 0 Å². The first-order valence-electron chi connectivity index (χ1n) is 10.8. The molecule has 0 spiro atoms. The molecule has 160 valence electrons. The van der Waals surface area contributed by atoms with Crippen LogP contribution in [0.1, 0.15) is 12.8 Å². The van der Waals surface area contributed by atoms with Gasteiger partial charge in [0.2, 0.25) is 0 Å². The number of nitrogens with zero attached hydrogens (tertiary/aromatic N) is 3. The van der Waals surface area contributed by atoms with Crippen LogP contribution >= 0.6 is 11.6 Å². The first-order valence-corrected chi connectivity index (χ1v) is 11.1. The lowest BCUT2D eigenvalue weighted by molar-refractivity contribution is 0.331. The minimum absolute atomic E-state index is 0.713. The maximum absolute atomic E-state index is 6.07. The molecule has 0 saturated carbocycles. The third kappa shape index (κ3) is 5.84. The molecule has 0 unspecified atom stereocenters. The summed E-state index contributed by atoms with van der Waals surface area (Å²) in [5.41, 5.74) is 3.06. The van der Waals surface area contributed by atoms with Gasteiger partial charge in [-0.2, -0.15) is 0 Å². The molecular formula is C25H28ClN5. The molecule has 4 aromatic rings. The molecule has 6 heteroatoms. The number of hydrogen-bond acceptors (Lipinski definition) is 5. The highest BCUT2D eigenvalue weighted by molar-refractivity contribution is 6.31. The molecule has 0 atom stereocenters. The fourth-order valence-corrected chi connectivity index (χ4v) is 3.86. The van der Waals surface area contributed by atoms with Gasteiger partial charge < -0.3 is 15.5 Å². The molecule has 2 aromatic heterocycles. The molecule has 0 aliphatic heterocycles. The van der Waals surface area contributed by atoms with Crippen molar-refractivity contribution in [3.63, 3.8) is 0 Å². The summed E-state index contributed by atoms with van der Waals surface area (Å²) in [7, 11) is 2.18. The summed E-state index contributed by atoms with van der Waals surface area (Å²) in [6.07, 6.45) is 3.98. The number of halogens is 1. The summed E-state index contributed by atoms with van der Waals surface area (Å²) in [5.74, 6) is 0.941. The Hall–Kier alpha value is -2.89. The summed E-state index contributed by atoms with van der Waals surface area (Å²) in [6, 6.07) is 20.2. The summed E-state index contributed by atoms with van der Waals surface area (Å²) < 4.78 is 0. The summed E-state index contributed by atoms with van der Waals surface area (Å²) in [5, 5.41) is 9.96. The van der Waals surface area contributed by atoms with Crippen molar-refractivity contribution in [1.29, 1.82) is 0 Å². The molecular weight excluding hydrogens is 406 g/mol. The van der Waals surface area contributed by atoms with Crippen molar-refractivity contribution >= 4 is 44.9 Å². The van der Waals surface area contributed by atoms with Crippen molar-refractivity contribution in [3.05, 3.63) is 71.9 Å². The Bertz CT molecular complexity index is 1150. The van der Waals surface area contributed by atoms with Crippen LogP contribution in [0.5, 0.6) is 0 Å². The molecule has 0 aliphatic carbocycles. The average Bonchev–Trinajstić information content (AvgIpc) is 2.79. The zero-order valence-electron chi connectivity index (χ0n) is 17.8. The second kappa shape index (κ2) is 10.4. The predicted octanol–water partition coefficient (Wildman–Crippen LogP) is 5.67. The van der Waals surface area contributed by atoms with Crippen LogP contribution in [0.25, 0.3) is 21.8 Å². The van der Waals surface area contributed by atoms with Crippen LogP contribution in [0.15, 0.2) is 66.9 Å². The van der Waals surface area contributed by atoms with E-state index in [1.54, 1.807) is 0 Å². The molecule has 2 aromatic carbocycles. The largest absolute Gasteiger partial charge is 0.384 e. The standard InChI is InChI=1S/C25H28ClN5/c1-31(17-5-14-29-25-11-8-19-6-2-3-7-22(19)30-25)16-4-13-27-23-12-15-28-24-18-20(26)9-10-21(23)24/h2-3,6-12,15,18H,4-5,13-14,16-17H2,1H3,(H,27,28)(H,29,30). The van der Waals surface area contributed by atoms with Crippen LogP contribution in [0, 0.1) is 0 Å². The van der Waals surface area contributed by atoms with Gasteiger partial charge in [0.05, 0.1) is 11.0 Å². The van der Waals surface area contributed by atoms with Crippen LogP contribution in [-0.2, 0) is 0 Å². The van der Waals surface area contributed by atoms with Crippen molar-refractivity contribution < 1.29 is 0 Å². The Morgan fingerprint density at radius 1 is 0.871 bits per heavy atom. The van der Waals surface area contributed by atoms with Gasteiger partial charge in [-0.05, 0) is 75.4 Å². The van der Waals surface area contributed by atoms with Gasteiger partial charge in [-0.3, -0.25) is 4.98 Å². The van der Waals surface area contributed by atoms with Gasteiger partial charge in [-0.1, -0.05) is 29.8 Å². The minimum Gasteiger partial charge on any atom is -0.384 e. The fourth-order valence-electron chi connectivity index (χ4n) is 3.69. The topological polar surface area (TPSA) is 53.1 Å². The lowest BCUT2D eigenvalue weighted by Crippen LogP contribution is -2.24. The van der Waals surface area contributed by atoms with Gasteiger partial charge in [0.15, 0.2) is 0 Å². The lowest BCUT2D eigenvalue weighted by Gasteiger charge is -2.17. The predicted molar refractivity (Wildman–Crippen MR) is 132 cm³/mol. The van der Waals surface area contributed by atoms with Crippen LogP contribution in [-0.4, -0.2) is 48.1 Å². The molecule has 0 fully saturated rings. The Kier molecular flexibility index (Phi) is 7.18. The van der Waals surface area contributed by atoms with Gasteiger partial charge in [0.25, 0.3) is 0 Å². The molecule has 0 amide bonds. The highest BCUT2D eigenvalue weighted by Crippen LogP contribution is 2.24. The van der Waals surface area contributed by atoms with Gasteiger partial charge in [-0.15, -0.1) is 0 Å². The van der Waals surface area contributed by atoms with Crippen molar-refractivity contribution in [2.75, 3.05) is 43.9 Å². The number of fused-ring (bicyclic) bond motifs is 2. The quantitative estimate of drug-likeness (QED) is 0.315. The van der Waals surface area contributed by atoms with Crippen molar-refractivity contribution in [1.82, 2.24) is 14.9 Å². The number of anilines is 2. The number of benzene rings is 2. The number of aromatic nitrogens is 2. The van der Waals surface area contributed by atoms with E-state index in [0.717, 1.165) is 66.9 Å². The number of rotatable bonds is 10. The maximum atomic E-state index is 6.07. The van der Waals surface area contributed by atoms with E-state index < -0.39 is 0 Å². The highest BCUT2D eigenvalue weighted by atomic mass is 35.5. The summed E-state index contributed by atoms with van der Waals surface area (Å²) >= 11 is 6.07. The zero-order valence-corrected chi connectivity index (χ0v) is 18.6. The second-order valence-electron chi connectivity index (χ2n) is 7.77. The summed E-state index contributed by atoms with van der Waals surface area (Å²) in [4.78, 5) is 11.4. The third-order valence-electron chi connectivity index (χ3n) is 5.36. The number of hydrogen-bond donors (Lipinski definition) is 2. The molecule has 2 heterocycles. The SMILES string of the molecule is CN(CCCNc1ccc2ccccc2n1)CCCNc1ccnc2cc(Cl)ccc12. The average molecular weight is 434 g/mol. The molecule has 4 rings (SSSR count). The minimum atomic E-state index is 0.713. The zero-order chi connectivity index (χ0) is 21.5. The van der Waals surface area contributed by atoms with Gasteiger partial charge in [-0.25, -0.2) is 4.98 Å². The smallest absolute Gasteiger partial charge is 0.126 e.